The Morgan fingerprint density at radius 2 is 1.70 bits per heavy atom. The Morgan fingerprint density at radius 3 is 2.33 bits per heavy atom. The number of aryl methyl sites for hydroxylation is 1. The molecule has 1 aromatic heterocycles. The van der Waals surface area contributed by atoms with Gasteiger partial charge in [0.05, 0.1) is 13.4 Å². The molecule has 1 heterocycles. The number of nitrogens with one attached hydrogen (secondary N) is 1. The number of sulfonamides is 1. The van der Waals surface area contributed by atoms with E-state index < -0.39 is 21.7 Å². The van der Waals surface area contributed by atoms with Crippen molar-refractivity contribution >= 4 is 15.7 Å². The summed E-state index contributed by atoms with van der Waals surface area (Å²) in [5, 5.41) is 0. The predicted molar refractivity (Wildman–Crippen MR) is 109 cm³/mol. The predicted octanol–water partition coefficient (Wildman–Crippen LogP) is 3.50. The van der Waals surface area contributed by atoms with Gasteiger partial charge in [0.2, 0.25) is 10.0 Å². The molecule has 0 aliphatic rings. The summed E-state index contributed by atoms with van der Waals surface area (Å²) < 4.78 is 64.9. The number of anilines is 1. The van der Waals surface area contributed by atoms with Crippen molar-refractivity contribution in [1.82, 2.24) is 4.57 Å². The Hall–Kier alpha value is -3.40. The summed E-state index contributed by atoms with van der Waals surface area (Å²) in [4.78, 5) is 12.1. The van der Waals surface area contributed by atoms with Gasteiger partial charge in [-0.2, -0.15) is 0 Å². The first-order valence-electron chi connectivity index (χ1n) is 8.57. The van der Waals surface area contributed by atoms with Crippen LogP contribution in [0.3, 0.4) is 0 Å². The quantitative estimate of drug-likeness (QED) is 0.639. The summed E-state index contributed by atoms with van der Waals surface area (Å²) in [5.74, 6) is -1.68. The fourth-order valence-electron chi connectivity index (χ4n) is 2.77. The molecule has 1 N–H and O–H groups in total. The molecule has 0 amide bonds. The van der Waals surface area contributed by atoms with E-state index in [2.05, 4.69) is 4.72 Å². The van der Waals surface area contributed by atoms with Gasteiger partial charge in [-0.25, -0.2) is 17.2 Å². The molecule has 0 saturated heterocycles. The molecule has 0 aliphatic heterocycles. The second kappa shape index (κ2) is 8.15. The second-order valence-electron chi connectivity index (χ2n) is 6.48. The van der Waals surface area contributed by atoms with Crippen molar-refractivity contribution < 1.29 is 26.7 Å². The Kier molecular flexibility index (Phi) is 5.79. The van der Waals surface area contributed by atoms with Crippen LogP contribution in [0.1, 0.15) is 0 Å². The standard InChI is InChI=1S/C20H18F2N2O5S/c1-24-11-12(8-19(28-2)20(24)25)15-10-14(23-30(3,26)27)5-7-17(15)29-18-6-4-13(21)9-16(18)22/h4-11,23H,1-3H3. The van der Waals surface area contributed by atoms with Gasteiger partial charge in [0.1, 0.15) is 11.6 Å². The molecule has 0 saturated carbocycles. The summed E-state index contributed by atoms with van der Waals surface area (Å²) in [5.41, 5.74) is 0.649. The third-order valence-corrected chi connectivity index (χ3v) is 4.68. The number of nitrogens with zero attached hydrogens (tertiary/aromatic N) is 1. The molecular formula is C20H18F2N2O5S. The molecule has 0 bridgehead atoms. The minimum absolute atomic E-state index is 0.0513. The molecule has 3 rings (SSSR count). The SMILES string of the molecule is COc1cc(-c2cc(NS(C)(=O)=O)ccc2Oc2ccc(F)cc2F)cn(C)c1=O. The summed E-state index contributed by atoms with van der Waals surface area (Å²) in [6.45, 7) is 0. The molecule has 10 heteroatoms. The summed E-state index contributed by atoms with van der Waals surface area (Å²) in [6, 6.07) is 8.66. The Labute approximate surface area is 171 Å². The summed E-state index contributed by atoms with van der Waals surface area (Å²) in [6.07, 6.45) is 2.50. The van der Waals surface area contributed by atoms with Gasteiger partial charge >= 0.3 is 0 Å². The Morgan fingerprint density at radius 1 is 1.00 bits per heavy atom. The molecule has 0 atom stereocenters. The molecule has 7 nitrogen and oxygen atoms in total. The number of benzene rings is 2. The van der Waals surface area contributed by atoms with E-state index in [1.54, 1.807) is 0 Å². The summed E-state index contributed by atoms with van der Waals surface area (Å²) in [7, 11) is -0.698. The number of pyridine rings is 1. The molecule has 158 valence electrons. The molecule has 0 fully saturated rings. The lowest BCUT2D eigenvalue weighted by Gasteiger charge is -2.15. The van der Waals surface area contributed by atoms with Crippen LogP contribution < -0.4 is 19.8 Å². The molecule has 3 aromatic rings. The van der Waals surface area contributed by atoms with E-state index in [-0.39, 0.29) is 28.5 Å². The fourth-order valence-corrected chi connectivity index (χ4v) is 3.33. The first-order chi connectivity index (χ1) is 14.1. The van der Waals surface area contributed by atoms with Gasteiger partial charge < -0.3 is 14.0 Å². The molecule has 0 unspecified atom stereocenters. The van der Waals surface area contributed by atoms with Crippen molar-refractivity contribution in [3.8, 4) is 28.4 Å². The van der Waals surface area contributed by atoms with Gasteiger partial charge in [0.25, 0.3) is 5.56 Å². The first-order valence-corrected chi connectivity index (χ1v) is 10.5. The number of rotatable bonds is 6. The molecule has 0 aliphatic carbocycles. The third-order valence-electron chi connectivity index (χ3n) is 4.08. The number of hydrogen-bond acceptors (Lipinski definition) is 5. The highest BCUT2D eigenvalue weighted by Gasteiger charge is 2.16. The van der Waals surface area contributed by atoms with Crippen LogP contribution in [0, 0.1) is 11.6 Å². The maximum atomic E-state index is 14.1. The minimum atomic E-state index is -3.56. The normalized spacial score (nSPS) is 11.2. The van der Waals surface area contributed by atoms with Gasteiger partial charge in [-0.1, -0.05) is 0 Å². The van der Waals surface area contributed by atoms with E-state index in [4.69, 9.17) is 9.47 Å². The third kappa shape index (κ3) is 4.77. The lowest BCUT2D eigenvalue weighted by molar-refractivity contribution is 0.405. The molecule has 0 spiro atoms. The van der Waals surface area contributed by atoms with Crippen LogP contribution in [-0.2, 0) is 17.1 Å². The number of aromatic nitrogens is 1. The molecular weight excluding hydrogens is 418 g/mol. The Bertz CT molecular complexity index is 1270. The van der Waals surface area contributed by atoms with Gasteiger partial charge in [-0.3, -0.25) is 9.52 Å². The smallest absolute Gasteiger partial charge is 0.292 e. The zero-order valence-electron chi connectivity index (χ0n) is 16.3. The highest BCUT2D eigenvalue weighted by Crippen LogP contribution is 2.37. The number of hydrogen-bond donors (Lipinski definition) is 1. The van der Waals surface area contributed by atoms with Crippen LogP contribution in [0.15, 0.2) is 53.5 Å². The molecule has 0 radical (unpaired) electrons. The maximum Gasteiger partial charge on any atom is 0.292 e. The van der Waals surface area contributed by atoms with Gasteiger partial charge in [0.15, 0.2) is 17.3 Å². The molecule has 2 aromatic carbocycles. The van der Waals surface area contributed by atoms with Crippen molar-refractivity contribution in [2.24, 2.45) is 7.05 Å². The largest absolute Gasteiger partial charge is 0.491 e. The second-order valence-corrected chi connectivity index (χ2v) is 8.22. The van der Waals surface area contributed by atoms with Crippen LogP contribution >= 0.6 is 0 Å². The highest BCUT2D eigenvalue weighted by molar-refractivity contribution is 7.92. The number of halogens is 2. The van der Waals surface area contributed by atoms with Crippen LogP contribution in [0.5, 0.6) is 17.2 Å². The van der Waals surface area contributed by atoms with E-state index in [1.165, 1.54) is 49.2 Å². The van der Waals surface area contributed by atoms with Gasteiger partial charge in [0, 0.05) is 36.1 Å². The average Bonchev–Trinajstić information content (AvgIpc) is 2.66. The van der Waals surface area contributed by atoms with Gasteiger partial charge in [-0.15, -0.1) is 0 Å². The first kappa shape index (κ1) is 21.3. The lowest BCUT2D eigenvalue weighted by atomic mass is 10.1. The molecule has 30 heavy (non-hydrogen) atoms. The monoisotopic (exact) mass is 436 g/mol. The van der Waals surface area contributed by atoms with Crippen LogP contribution in [0.2, 0.25) is 0 Å². The number of methoxy groups -OCH3 is 1. The van der Waals surface area contributed by atoms with E-state index in [0.717, 1.165) is 18.4 Å². The van der Waals surface area contributed by atoms with E-state index in [1.807, 2.05) is 0 Å². The van der Waals surface area contributed by atoms with E-state index >= 15 is 0 Å². The maximum absolute atomic E-state index is 14.1. The van der Waals surface area contributed by atoms with E-state index in [0.29, 0.717) is 17.2 Å². The van der Waals surface area contributed by atoms with E-state index in [9.17, 15) is 22.0 Å². The Balaban J connectivity index is 2.17. The highest BCUT2D eigenvalue weighted by atomic mass is 32.2. The lowest BCUT2D eigenvalue weighted by Crippen LogP contribution is -2.17. The van der Waals surface area contributed by atoms with Crippen LogP contribution in [0.25, 0.3) is 11.1 Å². The fraction of sp³-hybridized carbons (Fsp3) is 0.150. The zero-order valence-corrected chi connectivity index (χ0v) is 17.1. The van der Waals surface area contributed by atoms with Gasteiger partial charge in [-0.05, 0) is 36.4 Å². The zero-order chi connectivity index (χ0) is 22.1. The van der Waals surface area contributed by atoms with Crippen molar-refractivity contribution in [3.63, 3.8) is 0 Å². The van der Waals surface area contributed by atoms with Crippen LogP contribution in [0.4, 0.5) is 14.5 Å². The van der Waals surface area contributed by atoms with Crippen molar-refractivity contribution in [2.75, 3.05) is 18.1 Å². The van der Waals surface area contributed by atoms with Crippen molar-refractivity contribution in [2.45, 2.75) is 0 Å². The van der Waals surface area contributed by atoms with Crippen molar-refractivity contribution in [1.29, 1.82) is 0 Å². The van der Waals surface area contributed by atoms with Crippen LogP contribution in [-0.4, -0.2) is 26.4 Å². The average molecular weight is 436 g/mol. The number of ether oxygens (including phenoxy) is 2. The van der Waals surface area contributed by atoms with Crippen molar-refractivity contribution in [3.05, 3.63) is 70.6 Å². The topological polar surface area (TPSA) is 86.6 Å². The minimum Gasteiger partial charge on any atom is -0.491 e. The summed E-state index contributed by atoms with van der Waals surface area (Å²) >= 11 is 0.